The fourth-order valence-electron chi connectivity index (χ4n) is 2.30. The highest BCUT2D eigenvalue weighted by atomic mass is 32.2. The number of aromatic nitrogens is 2. The number of nitrogens with zero attached hydrogens (tertiary/aromatic N) is 2. The Morgan fingerprint density at radius 1 is 0.917 bits per heavy atom. The van der Waals surface area contributed by atoms with Gasteiger partial charge in [-0.1, -0.05) is 36.0 Å². The molecule has 3 rings (SSSR count). The van der Waals surface area contributed by atoms with E-state index in [1.807, 2.05) is 4.57 Å². The van der Waals surface area contributed by atoms with Crippen LogP contribution in [0.15, 0.2) is 59.9 Å². The Morgan fingerprint density at radius 2 is 1.50 bits per heavy atom. The van der Waals surface area contributed by atoms with Gasteiger partial charge in [-0.3, -0.25) is 0 Å². The minimum atomic E-state index is -0.280. The highest BCUT2D eigenvalue weighted by Crippen LogP contribution is 2.24. The third-order valence-electron chi connectivity index (χ3n) is 3.60. The van der Waals surface area contributed by atoms with Gasteiger partial charge in [-0.05, 0) is 35.4 Å². The summed E-state index contributed by atoms with van der Waals surface area (Å²) in [5, 5.41) is 10.3. The van der Waals surface area contributed by atoms with E-state index in [1.54, 1.807) is 30.5 Å². The third kappa shape index (κ3) is 4.01. The monoisotopic (exact) mass is 346 g/mol. The van der Waals surface area contributed by atoms with Crippen LogP contribution >= 0.6 is 11.8 Å². The SMILES string of the molecule is OCc1cnc(SCc2ccc(F)cc2)n1Cc1ccc(F)cc1. The molecule has 0 radical (unpaired) electrons. The second-order valence-electron chi connectivity index (χ2n) is 5.32. The number of halogens is 2. The predicted octanol–water partition coefficient (Wildman–Crippen LogP) is 3.99. The Labute approximate surface area is 143 Å². The van der Waals surface area contributed by atoms with Crippen molar-refractivity contribution in [3.05, 3.63) is 83.2 Å². The fraction of sp³-hybridized carbons (Fsp3) is 0.167. The number of benzene rings is 2. The molecule has 3 aromatic rings. The van der Waals surface area contributed by atoms with E-state index in [-0.39, 0.29) is 18.2 Å². The van der Waals surface area contributed by atoms with E-state index < -0.39 is 0 Å². The lowest BCUT2D eigenvalue weighted by molar-refractivity contribution is 0.270. The molecule has 0 amide bonds. The maximum absolute atomic E-state index is 13.0. The number of hydrogen-bond donors (Lipinski definition) is 1. The Hall–Kier alpha value is -2.18. The molecule has 0 bridgehead atoms. The van der Waals surface area contributed by atoms with Crippen LogP contribution in [-0.4, -0.2) is 14.7 Å². The van der Waals surface area contributed by atoms with Crippen LogP contribution in [-0.2, 0) is 18.9 Å². The highest BCUT2D eigenvalue weighted by Gasteiger charge is 2.11. The predicted molar refractivity (Wildman–Crippen MR) is 89.6 cm³/mol. The summed E-state index contributed by atoms with van der Waals surface area (Å²) in [6.07, 6.45) is 1.64. The molecule has 0 aliphatic rings. The zero-order valence-electron chi connectivity index (χ0n) is 12.8. The van der Waals surface area contributed by atoms with Gasteiger partial charge in [0.1, 0.15) is 11.6 Å². The van der Waals surface area contributed by atoms with E-state index >= 15 is 0 Å². The number of thioether (sulfide) groups is 1. The van der Waals surface area contributed by atoms with Crippen molar-refractivity contribution in [2.75, 3.05) is 0 Å². The first-order valence-electron chi connectivity index (χ1n) is 7.42. The minimum Gasteiger partial charge on any atom is -0.390 e. The first-order valence-corrected chi connectivity index (χ1v) is 8.41. The van der Waals surface area contributed by atoms with Crippen LogP contribution < -0.4 is 0 Å². The summed E-state index contributed by atoms with van der Waals surface area (Å²) in [6.45, 7) is 0.382. The van der Waals surface area contributed by atoms with Crippen molar-refractivity contribution in [3.8, 4) is 0 Å². The van der Waals surface area contributed by atoms with Gasteiger partial charge >= 0.3 is 0 Å². The highest BCUT2D eigenvalue weighted by molar-refractivity contribution is 7.98. The molecule has 1 N–H and O–H groups in total. The molecule has 1 heterocycles. The van der Waals surface area contributed by atoms with Gasteiger partial charge in [0.15, 0.2) is 5.16 Å². The van der Waals surface area contributed by atoms with Crippen molar-refractivity contribution >= 4 is 11.8 Å². The molecule has 0 unspecified atom stereocenters. The quantitative estimate of drug-likeness (QED) is 0.686. The average molecular weight is 346 g/mol. The second-order valence-corrected chi connectivity index (χ2v) is 6.26. The van der Waals surface area contributed by atoms with Crippen LogP contribution in [0.2, 0.25) is 0 Å². The summed E-state index contributed by atoms with van der Waals surface area (Å²) >= 11 is 1.51. The van der Waals surface area contributed by atoms with E-state index in [4.69, 9.17) is 0 Å². The Balaban J connectivity index is 1.76. The van der Waals surface area contributed by atoms with Gasteiger partial charge in [-0.15, -0.1) is 0 Å². The summed E-state index contributed by atoms with van der Waals surface area (Å²) in [6, 6.07) is 12.6. The van der Waals surface area contributed by atoms with Crippen LogP contribution in [0.1, 0.15) is 16.8 Å². The second kappa shape index (κ2) is 7.59. The fourth-order valence-corrected chi connectivity index (χ4v) is 3.26. The summed E-state index contributed by atoms with van der Waals surface area (Å²) in [7, 11) is 0. The van der Waals surface area contributed by atoms with E-state index in [9.17, 15) is 13.9 Å². The van der Waals surface area contributed by atoms with Crippen LogP contribution in [0, 0.1) is 11.6 Å². The topological polar surface area (TPSA) is 38.1 Å². The minimum absolute atomic E-state index is 0.120. The average Bonchev–Trinajstić information content (AvgIpc) is 2.98. The van der Waals surface area contributed by atoms with E-state index in [0.29, 0.717) is 18.0 Å². The normalized spacial score (nSPS) is 11.0. The van der Waals surface area contributed by atoms with Crippen molar-refractivity contribution in [1.29, 1.82) is 0 Å². The molecule has 24 heavy (non-hydrogen) atoms. The molecule has 6 heteroatoms. The van der Waals surface area contributed by atoms with E-state index in [1.165, 1.54) is 36.0 Å². The molecule has 0 aliphatic carbocycles. The van der Waals surface area contributed by atoms with Crippen molar-refractivity contribution in [2.24, 2.45) is 0 Å². The lowest BCUT2D eigenvalue weighted by Gasteiger charge is -2.11. The van der Waals surface area contributed by atoms with Crippen LogP contribution in [0.4, 0.5) is 8.78 Å². The van der Waals surface area contributed by atoms with Crippen molar-refractivity contribution in [2.45, 2.75) is 24.1 Å². The molecule has 1 aromatic heterocycles. The number of rotatable bonds is 6. The van der Waals surface area contributed by atoms with Crippen molar-refractivity contribution < 1.29 is 13.9 Å². The van der Waals surface area contributed by atoms with E-state index in [0.717, 1.165) is 16.3 Å². The Bertz CT molecular complexity index is 801. The van der Waals surface area contributed by atoms with E-state index in [2.05, 4.69) is 4.98 Å². The zero-order valence-corrected chi connectivity index (χ0v) is 13.6. The number of aliphatic hydroxyl groups excluding tert-OH is 1. The molecule has 0 aliphatic heterocycles. The zero-order chi connectivity index (χ0) is 16.9. The molecular formula is C18H16F2N2OS. The van der Waals surface area contributed by atoms with Gasteiger partial charge in [0.2, 0.25) is 0 Å². The summed E-state index contributed by atoms with van der Waals surface area (Å²) in [5.41, 5.74) is 2.61. The van der Waals surface area contributed by atoms with Gasteiger partial charge in [0.05, 0.1) is 18.5 Å². The van der Waals surface area contributed by atoms with Gasteiger partial charge in [-0.2, -0.15) is 0 Å². The number of hydrogen-bond acceptors (Lipinski definition) is 3. The summed E-state index contributed by atoms with van der Waals surface area (Å²) < 4.78 is 27.9. The first kappa shape index (κ1) is 16.7. The van der Waals surface area contributed by atoms with Crippen molar-refractivity contribution in [1.82, 2.24) is 9.55 Å². The molecule has 0 atom stereocenters. The Kier molecular flexibility index (Phi) is 5.27. The number of aliphatic hydroxyl groups is 1. The van der Waals surface area contributed by atoms with Gasteiger partial charge < -0.3 is 9.67 Å². The maximum Gasteiger partial charge on any atom is 0.168 e. The summed E-state index contributed by atoms with van der Waals surface area (Å²) in [5.74, 6) is 0.104. The molecule has 0 saturated carbocycles. The third-order valence-corrected chi connectivity index (χ3v) is 4.66. The molecule has 0 saturated heterocycles. The lowest BCUT2D eigenvalue weighted by Crippen LogP contribution is -2.06. The molecule has 2 aromatic carbocycles. The van der Waals surface area contributed by atoms with Crippen LogP contribution in [0.25, 0.3) is 0 Å². The van der Waals surface area contributed by atoms with Crippen molar-refractivity contribution in [3.63, 3.8) is 0 Å². The van der Waals surface area contributed by atoms with Gasteiger partial charge in [0, 0.05) is 12.3 Å². The van der Waals surface area contributed by atoms with Crippen LogP contribution in [0.5, 0.6) is 0 Å². The van der Waals surface area contributed by atoms with Crippen LogP contribution in [0.3, 0.4) is 0 Å². The molecule has 3 nitrogen and oxygen atoms in total. The maximum atomic E-state index is 13.0. The number of imidazole rings is 1. The molecule has 124 valence electrons. The van der Waals surface area contributed by atoms with Gasteiger partial charge in [0.25, 0.3) is 0 Å². The smallest absolute Gasteiger partial charge is 0.168 e. The molecule has 0 fully saturated rings. The lowest BCUT2D eigenvalue weighted by atomic mass is 10.2. The molecular weight excluding hydrogens is 330 g/mol. The summed E-state index contributed by atoms with van der Waals surface area (Å²) in [4.78, 5) is 4.35. The standard InChI is InChI=1S/C18H16F2N2OS/c19-15-5-1-13(2-6-15)10-22-17(11-23)9-21-18(22)24-12-14-3-7-16(20)8-4-14/h1-9,23H,10-12H2. The van der Waals surface area contributed by atoms with Gasteiger partial charge in [-0.25, -0.2) is 13.8 Å². The largest absolute Gasteiger partial charge is 0.390 e. The molecule has 0 spiro atoms. The first-order chi connectivity index (χ1) is 11.7. The Morgan fingerprint density at radius 3 is 2.08 bits per heavy atom.